The van der Waals surface area contributed by atoms with Gasteiger partial charge in [0, 0.05) is 31.2 Å². The van der Waals surface area contributed by atoms with Gasteiger partial charge in [-0.25, -0.2) is 0 Å². The summed E-state index contributed by atoms with van der Waals surface area (Å²) >= 11 is 0. The molecule has 0 saturated heterocycles. The van der Waals surface area contributed by atoms with E-state index in [-0.39, 0.29) is 6.04 Å². The molecule has 0 aliphatic rings. The predicted octanol–water partition coefficient (Wildman–Crippen LogP) is 3.29. The first kappa shape index (κ1) is 16.6. The van der Waals surface area contributed by atoms with Crippen LogP contribution in [0.25, 0.3) is 0 Å². The van der Waals surface area contributed by atoms with Crippen molar-refractivity contribution < 1.29 is 9.47 Å². The zero-order valence-corrected chi connectivity index (χ0v) is 12.9. The van der Waals surface area contributed by atoms with Crippen molar-refractivity contribution >= 4 is 0 Å². The molecule has 0 spiro atoms. The predicted molar refractivity (Wildman–Crippen MR) is 82.8 cm³/mol. The number of hydrogen-bond donors (Lipinski definition) is 1. The van der Waals surface area contributed by atoms with Crippen molar-refractivity contribution in [2.24, 2.45) is 0 Å². The Morgan fingerprint density at radius 1 is 1.35 bits per heavy atom. The van der Waals surface area contributed by atoms with Crippen molar-refractivity contribution in [2.75, 3.05) is 14.2 Å². The van der Waals surface area contributed by atoms with Crippen LogP contribution in [0.1, 0.15) is 43.9 Å². The molecular weight excluding hydrogens is 250 g/mol. The summed E-state index contributed by atoms with van der Waals surface area (Å²) in [5.74, 6) is 3.58. The van der Waals surface area contributed by atoms with Gasteiger partial charge in [-0.2, -0.15) is 0 Å². The maximum absolute atomic E-state index is 5.40. The Labute approximate surface area is 122 Å². The average Bonchev–Trinajstić information content (AvgIpc) is 2.46. The summed E-state index contributed by atoms with van der Waals surface area (Å²) in [6, 6.07) is 6.79. The highest BCUT2D eigenvalue weighted by molar-refractivity contribution is 5.38. The molecule has 1 N–H and O–H groups in total. The first-order valence-corrected chi connectivity index (χ1v) is 7.01. The number of ether oxygens (including phenoxy) is 2. The Morgan fingerprint density at radius 2 is 2.10 bits per heavy atom. The lowest BCUT2D eigenvalue weighted by molar-refractivity contribution is 0.181. The smallest absolute Gasteiger partial charge is 0.124 e. The molecule has 0 fully saturated rings. The third-order valence-corrected chi connectivity index (χ3v) is 3.45. The molecule has 0 amide bonds. The molecule has 1 rings (SSSR count). The van der Waals surface area contributed by atoms with Gasteiger partial charge in [0.25, 0.3) is 0 Å². The van der Waals surface area contributed by atoms with E-state index in [2.05, 4.69) is 37.2 Å². The molecule has 2 atom stereocenters. The first-order valence-electron chi connectivity index (χ1n) is 7.01. The quantitative estimate of drug-likeness (QED) is 0.738. The van der Waals surface area contributed by atoms with Gasteiger partial charge in [-0.05, 0) is 31.0 Å². The third kappa shape index (κ3) is 4.56. The van der Waals surface area contributed by atoms with Gasteiger partial charge < -0.3 is 14.8 Å². The second kappa shape index (κ2) is 8.63. The fourth-order valence-corrected chi connectivity index (χ4v) is 2.25. The van der Waals surface area contributed by atoms with Gasteiger partial charge in [0.2, 0.25) is 0 Å². The van der Waals surface area contributed by atoms with E-state index in [1.807, 2.05) is 6.07 Å². The minimum Gasteiger partial charge on any atom is -0.496 e. The largest absolute Gasteiger partial charge is 0.496 e. The molecule has 1 aromatic rings. The number of benzene rings is 1. The Balaban J connectivity index is 2.84. The average molecular weight is 275 g/mol. The maximum atomic E-state index is 5.40. The fourth-order valence-electron chi connectivity index (χ4n) is 2.25. The second-order valence-electron chi connectivity index (χ2n) is 4.91. The topological polar surface area (TPSA) is 30.5 Å². The van der Waals surface area contributed by atoms with Crippen molar-refractivity contribution in [1.82, 2.24) is 5.32 Å². The van der Waals surface area contributed by atoms with Crippen molar-refractivity contribution in [1.29, 1.82) is 0 Å². The maximum Gasteiger partial charge on any atom is 0.124 e. The van der Waals surface area contributed by atoms with Gasteiger partial charge >= 0.3 is 0 Å². The fraction of sp³-hybridized carbons (Fsp3) is 0.529. The molecule has 0 heterocycles. The highest BCUT2D eigenvalue weighted by Gasteiger charge is 2.13. The lowest BCUT2D eigenvalue weighted by Crippen LogP contribution is -2.30. The minimum absolute atomic E-state index is 0.245. The van der Waals surface area contributed by atoms with Crippen LogP contribution in [-0.2, 0) is 11.3 Å². The van der Waals surface area contributed by atoms with E-state index in [1.165, 1.54) is 5.56 Å². The van der Waals surface area contributed by atoms with Crippen LogP contribution in [0.5, 0.6) is 5.75 Å². The first-order chi connectivity index (χ1) is 9.65. The molecule has 3 heteroatoms. The van der Waals surface area contributed by atoms with Gasteiger partial charge in [0.05, 0.1) is 13.7 Å². The zero-order chi connectivity index (χ0) is 15.0. The lowest BCUT2D eigenvalue weighted by atomic mass is 10.0. The van der Waals surface area contributed by atoms with E-state index in [0.29, 0.717) is 12.6 Å². The zero-order valence-electron chi connectivity index (χ0n) is 12.9. The molecule has 0 aliphatic carbocycles. The lowest BCUT2D eigenvalue weighted by Gasteiger charge is -2.22. The summed E-state index contributed by atoms with van der Waals surface area (Å²) in [6.45, 7) is 4.84. The van der Waals surface area contributed by atoms with Crippen LogP contribution in [0, 0.1) is 12.3 Å². The molecule has 1 aromatic carbocycles. The van der Waals surface area contributed by atoms with Crippen LogP contribution in [0.2, 0.25) is 0 Å². The van der Waals surface area contributed by atoms with Crippen LogP contribution in [0.4, 0.5) is 0 Å². The number of rotatable bonds is 8. The van der Waals surface area contributed by atoms with E-state index in [0.717, 1.165) is 24.2 Å². The Hall–Kier alpha value is -1.50. The van der Waals surface area contributed by atoms with Crippen molar-refractivity contribution in [2.45, 2.75) is 45.4 Å². The van der Waals surface area contributed by atoms with Crippen LogP contribution < -0.4 is 10.1 Å². The molecule has 0 radical (unpaired) electrons. The van der Waals surface area contributed by atoms with E-state index < -0.39 is 0 Å². The van der Waals surface area contributed by atoms with Gasteiger partial charge in [0.15, 0.2) is 0 Å². The Bertz CT molecular complexity index is 451. The SMILES string of the molecule is C#CCC(CC)NC(C)c1ccc(OC)c(COC)c1. The molecule has 110 valence electrons. The van der Waals surface area contributed by atoms with Gasteiger partial charge in [0.1, 0.15) is 5.75 Å². The van der Waals surface area contributed by atoms with Crippen molar-refractivity contribution in [3.05, 3.63) is 29.3 Å². The van der Waals surface area contributed by atoms with Crippen LogP contribution in [0.15, 0.2) is 18.2 Å². The Kier molecular flexibility index (Phi) is 7.14. The minimum atomic E-state index is 0.245. The monoisotopic (exact) mass is 275 g/mol. The summed E-state index contributed by atoms with van der Waals surface area (Å²) < 4.78 is 10.6. The normalized spacial score (nSPS) is 13.6. The molecule has 0 saturated carbocycles. The molecule has 3 nitrogen and oxygen atoms in total. The van der Waals surface area contributed by atoms with E-state index in [1.54, 1.807) is 14.2 Å². The summed E-state index contributed by atoms with van der Waals surface area (Å²) in [6.07, 6.45) is 7.17. The summed E-state index contributed by atoms with van der Waals surface area (Å²) in [7, 11) is 3.36. The molecule has 2 unspecified atom stereocenters. The third-order valence-electron chi connectivity index (χ3n) is 3.45. The molecule has 20 heavy (non-hydrogen) atoms. The van der Waals surface area contributed by atoms with Gasteiger partial charge in [-0.1, -0.05) is 13.0 Å². The van der Waals surface area contributed by atoms with Crippen LogP contribution in [0.3, 0.4) is 0 Å². The summed E-state index contributed by atoms with van der Waals surface area (Å²) in [5.41, 5.74) is 2.28. The van der Waals surface area contributed by atoms with Gasteiger partial charge in [-0.3, -0.25) is 0 Å². The number of terminal acetylenes is 1. The number of nitrogens with one attached hydrogen (secondary N) is 1. The molecule has 0 bridgehead atoms. The van der Waals surface area contributed by atoms with Crippen LogP contribution in [-0.4, -0.2) is 20.3 Å². The van der Waals surface area contributed by atoms with Crippen LogP contribution >= 0.6 is 0 Å². The highest BCUT2D eigenvalue weighted by Crippen LogP contribution is 2.24. The number of methoxy groups -OCH3 is 2. The molecule has 0 aromatic heterocycles. The van der Waals surface area contributed by atoms with Crippen molar-refractivity contribution in [3.8, 4) is 18.1 Å². The second-order valence-corrected chi connectivity index (χ2v) is 4.91. The summed E-state index contributed by atoms with van der Waals surface area (Å²) in [5, 5.41) is 3.57. The van der Waals surface area contributed by atoms with Gasteiger partial charge in [-0.15, -0.1) is 12.3 Å². The summed E-state index contributed by atoms with van der Waals surface area (Å²) in [4.78, 5) is 0. The molecule has 0 aliphatic heterocycles. The van der Waals surface area contributed by atoms with E-state index in [4.69, 9.17) is 15.9 Å². The molecular formula is C17H25NO2. The van der Waals surface area contributed by atoms with E-state index in [9.17, 15) is 0 Å². The highest BCUT2D eigenvalue weighted by atomic mass is 16.5. The standard InChI is InChI=1S/C17H25NO2/c1-6-8-16(7-2)18-13(3)14-9-10-17(20-5)15(11-14)12-19-4/h1,9-11,13,16,18H,7-8,12H2,2-5H3. The van der Waals surface area contributed by atoms with E-state index >= 15 is 0 Å². The number of hydrogen-bond acceptors (Lipinski definition) is 3. The van der Waals surface area contributed by atoms with Crippen molar-refractivity contribution in [3.63, 3.8) is 0 Å². The Morgan fingerprint density at radius 3 is 2.65 bits per heavy atom.